The van der Waals surface area contributed by atoms with E-state index in [2.05, 4.69) is 0 Å². The lowest BCUT2D eigenvalue weighted by Gasteiger charge is -2.13. The maximum absolute atomic E-state index is 13.1. The third-order valence-electron chi connectivity index (χ3n) is 2.02. The summed E-state index contributed by atoms with van der Waals surface area (Å²) in [6, 6.07) is 2.53. The predicted molar refractivity (Wildman–Crippen MR) is 48.6 cm³/mol. The van der Waals surface area contributed by atoms with Crippen molar-refractivity contribution >= 4 is 0 Å². The predicted octanol–water partition coefficient (Wildman–Crippen LogP) is 2.15. The Hall–Kier alpha value is -1.16. The van der Waals surface area contributed by atoms with Crippen molar-refractivity contribution in [3.05, 3.63) is 29.1 Å². The molecule has 0 fully saturated rings. The number of aliphatic hydroxyl groups is 1. The summed E-state index contributed by atoms with van der Waals surface area (Å²) in [6.07, 6.45) is -1.33. The molecule has 0 aromatic heterocycles. The Labute approximate surface area is 81.1 Å². The number of hydrogen-bond donors (Lipinski definition) is 1. The van der Waals surface area contributed by atoms with Crippen molar-refractivity contribution in [1.29, 1.82) is 0 Å². The summed E-state index contributed by atoms with van der Waals surface area (Å²) in [4.78, 5) is 0. The van der Waals surface area contributed by atoms with Gasteiger partial charge in [-0.05, 0) is 24.6 Å². The van der Waals surface area contributed by atoms with Crippen molar-refractivity contribution in [1.82, 2.24) is 0 Å². The number of alkyl halides is 1. The zero-order chi connectivity index (χ0) is 10.7. The average molecular weight is 202 g/mol. The molecule has 4 heteroatoms. The lowest BCUT2D eigenvalue weighted by atomic mass is 10.1. The van der Waals surface area contributed by atoms with Gasteiger partial charge in [-0.2, -0.15) is 0 Å². The molecule has 1 rings (SSSR count). The summed E-state index contributed by atoms with van der Waals surface area (Å²) in [7, 11) is 1.39. The summed E-state index contributed by atoms with van der Waals surface area (Å²) in [5.74, 6) is -0.178. The van der Waals surface area contributed by atoms with E-state index >= 15 is 0 Å². The van der Waals surface area contributed by atoms with Crippen LogP contribution in [-0.2, 0) is 0 Å². The van der Waals surface area contributed by atoms with Crippen molar-refractivity contribution in [3.63, 3.8) is 0 Å². The van der Waals surface area contributed by atoms with Crippen LogP contribution < -0.4 is 4.74 Å². The van der Waals surface area contributed by atoms with Crippen LogP contribution in [0.3, 0.4) is 0 Å². The van der Waals surface area contributed by atoms with Gasteiger partial charge < -0.3 is 9.84 Å². The van der Waals surface area contributed by atoms with Crippen LogP contribution in [0, 0.1) is 12.7 Å². The number of hydrogen-bond acceptors (Lipinski definition) is 2. The lowest BCUT2D eigenvalue weighted by molar-refractivity contribution is 0.138. The van der Waals surface area contributed by atoms with Gasteiger partial charge in [0.1, 0.15) is 24.3 Å². The highest BCUT2D eigenvalue weighted by atomic mass is 19.1. The first-order valence-electron chi connectivity index (χ1n) is 4.18. The molecule has 0 saturated heterocycles. The molecule has 1 N–H and O–H groups in total. The van der Waals surface area contributed by atoms with E-state index in [4.69, 9.17) is 4.74 Å². The maximum Gasteiger partial charge on any atom is 0.126 e. The number of methoxy groups -OCH3 is 1. The fourth-order valence-corrected chi connectivity index (χ4v) is 1.19. The van der Waals surface area contributed by atoms with Crippen molar-refractivity contribution < 1.29 is 18.6 Å². The zero-order valence-electron chi connectivity index (χ0n) is 8.05. The molecule has 0 spiro atoms. The second-order valence-corrected chi connectivity index (χ2v) is 3.01. The van der Waals surface area contributed by atoms with Crippen molar-refractivity contribution in [2.45, 2.75) is 13.0 Å². The third kappa shape index (κ3) is 2.01. The quantitative estimate of drug-likeness (QED) is 0.813. The normalized spacial score (nSPS) is 12.6. The molecule has 0 heterocycles. The first-order chi connectivity index (χ1) is 6.60. The van der Waals surface area contributed by atoms with Gasteiger partial charge in [-0.3, -0.25) is 0 Å². The summed E-state index contributed by atoms with van der Waals surface area (Å²) >= 11 is 0. The molecule has 0 aliphatic heterocycles. The smallest absolute Gasteiger partial charge is 0.126 e. The van der Waals surface area contributed by atoms with Gasteiger partial charge in [0.05, 0.1) is 7.11 Å². The first kappa shape index (κ1) is 10.9. The van der Waals surface area contributed by atoms with Crippen LogP contribution >= 0.6 is 0 Å². The summed E-state index contributed by atoms with van der Waals surface area (Å²) in [5.41, 5.74) is 0.537. The van der Waals surface area contributed by atoms with E-state index in [1.807, 2.05) is 0 Å². The highest BCUT2D eigenvalue weighted by molar-refractivity contribution is 5.39. The summed E-state index contributed by atoms with van der Waals surface area (Å²) < 4.78 is 30.2. The fraction of sp³-hybridized carbons (Fsp3) is 0.400. The highest BCUT2D eigenvalue weighted by Crippen LogP contribution is 2.28. The maximum atomic E-state index is 13.1. The van der Waals surface area contributed by atoms with Gasteiger partial charge in [0.15, 0.2) is 0 Å². The zero-order valence-corrected chi connectivity index (χ0v) is 8.05. The van der Waals surface area contributed by atoms with Crippen LogP contribution in [0.15, 0.2) is 12.1 Å². The molecule has 0 saturated carbocycles. The summed E-state index contributed by atoms with van der Waals surface area (Å²) in [6.45, 7) is 0.613. The number of halogens is 2. The van der Waals surface area contributed by atoms with Crippen LogP contribution in [0.25, 0.3) is 0 Å². The number of ether oxygens (including phenoxy) is 1. The lowest BCUT2D eigenvalue weighted by Crippen LogP contribution is -2.03. The van der Waals surface area contributed by atoms with Crippen LogP contribution in [0.4, 0.5) is 8.78 Å². The van der Waals surface area contributed by atoms with Crippen LogP contribution in [0.1, 0.15) is 17.2 Å². The number of aliphatic hydroxyl groups excluding tert-OH is 1. The number of aryl methyl sites for hydroxylation is 1. The molecule has 0 bridgehead atoms. The van der Waals surface area contributed by atoms with Crippen molar-refractivity contribution in [2.24, 2.45) is 0 Å². The average Bonchev–Trinajstić information content (AvgIpc) is 2.20. The second kappa shape index (κ2) is 4.37. The Bertz CT molecular complexity index is 326. The van der Waals surface area contributed by atoms with Gasteiger partial charge >= 0.3 is 0 Å². The largest absolute Gasteiger partial charge is 0.496 e. The molecule has 0 radical (unpaired) electrons. The SMILES string of the molecule is COc1cc(C)c(F)cc1C(O)CF. The minimum atomic E-state index is -1.33. The number of benzene rings is 1. The first-order valence-corrected chi connectivity index (χ1v) is 4.18. The molecule has 1 atom stereocenters. The fourth-order valence-electron chi connectivity index (χ4n) is 1.19. The van der Waals surface area contributed by atoms with Gasteiger partial charge in [0.25, 0.3) is 0 Å². The molecule has 0 amide bonds. The molecule has 0 aliphatic carbocycles. The molecule has 1 aromatic carbocycles. The molecule has 1 aromatic rings. The number of rotatable bonds is 3. The minimum absolute atomic E-state index is 0.137. The Morgan fingerprint density at radius 1 is 1.50 bits per heavy atom. The summed E-state index contributed by atoms with van der Waals surface area (Å²) in [5, 5.41) is 9.23. The van der Waals surface area contributed by atoms with E-state index in [9.17, 15) is 13.9 Å². The van der Waals surface area contributed by atoms with E-state index in [1.165, 1.54) is 13.2 Å². The molecule has 2 nitrogen and oxygen atoms in total. The molecular weight excluding hydrogens is 190 g/mol. The van der Waals surface area contributed by atoms with E-state index in [1.54, 1.807) is 6.92 Å². The molecular formula is C10H12F2O2. The van der Waals surface area contributed by atoms with Gasteiger partial charge in [0.2, 0.25) is 0 Å². The van der Waals surface area contributed by atoms with E-state index in [0.29, 0.717) is 11.3 Å². The second-order valence-electron chi connectivity index (χ2n) is 3.01. The molecule has 0 aliphatic rings. The Morgan fingerprint density at radius 3 is 2.64 bits per heavy atom. The molecule has 14 heavy (non-hydrogen) atoms. The standard InChI is InChI=1S/C10H12F2O2/c1-6-3-10(14-2)7(4-8(6)12)9(13)5-11/h3-4,9,13H,5H2,1-2H3. The molecule has 1 unspecified atom stereocenters. The van der Waals surface area contributed by atoms with E-state index < -0.39 is 18.6 Å². The van der Waals surface area contributed by atoms with Crippen molar-refractivity contribution in [3.8, 4) is 5.75 Å². The Kier molecular flexibility index (Phi) is 3.41. The Morgan fingerprint density at radius 2 is 2.14 bits per heavy atom. The van der Waals surface area contributed by atoms with E-state index in [0.717, 1.165) is 6.07 Å². The minimum Gasteiger partial charge on any atom is -0.496 e. The molecule has 78 valence electrons. The monoisotopic (exact) mass is 202 g/mol. The van der Waals surface area contributed by atoms with Gasteiger partial charge in [-0.15, -0.1) is 0 Å². The van der Waals surface area contributed by atoms with Gasteiger partial charge in [0, 0.05) is 5.56 Å². The van der Waals surface area contributed by atoms with Gasteiger partial charge in [-0.1, -0.05) is 0 Å². The Balaban J connectivity index is 3.19. The van der Waals surface area contributed by atoms with E-state index in [-0.39, 0.29) is 5.56 Å². The van der Waals surface area contributed by atoms with Crippen LogP contribution in [0.2, 0.25) is 0 Å². The highest BCUT2D eigenvalue weighted by Gasteiger charge is 2.15. The topological polar surface area (TPSA) is 29.5 Å². The van der Waals surface area contributed by atoms with Crippen molar-refractivity contribution in [2.75, 3.05) is 13.8 Å². The van der Waals surface area contributed by atoms with Crippen LogP contribution in [0.5, 0.6) is 5.75 Å². The van der Waals surface area contributed by atoms with Crippen LogP contribution in [-0.4, -0.2) is 18.9 Å². The van der Waals surface area contributed by atoms with Gasteiger partial charge in [-0.25, -0.2) is 8.78 Å². The third-order valence-corrected chi connectivity index (χ3v) is 2.02.